The van der Waals surface area contributed by atoms with E-state index in [-0.39, 0.29) is 11.9 Å². The third-order valence-corrected chi connectivity index (χ3v) is 3.23. The second-order valence-corrected chi connectivity index (χ2v) is 4.19. The highest BCUT2D eigenvalue weighted by atomic mass is 16.7. The van der Waals surface area contributed by atoms with Crippen LogP contribution in [0.25, 0.3) is 0 Å². The van der Waals surface area contributed by atoms with Crippen LogP contribution in [-0.4, -0.2) is 18.5 Å². The summed E-state index contributed by atoms with van der Waals surface area (Å²) in [6.45, 7) is 5.08. The summed E-state index contributed by atoms with van der Waals surface area (Å²) in [6, 6.07) is 0. The molecule has 0 N–H and O–H groups in total. The van der Waals surface area contributed by atoms with Gasteiger partial charge in [-0.15, -0.1) is 12.3 Å². The van der Waals surface area contributed by atoms with Crippen molar-refractivity contribution in [1.29, 1.82) is 0 Å². The third kappa shape index (κ3) is 3.52. The molecule has 0 radical (unpaired) electrons. The SMILES string of the molecule is C#CCC(CC)(CC)OC1CCCCO1. The van der Waals surface area contributed by atoms with Crippen molar-refractivity contribution in [2.75, 3.05) is 6.61 Å². The number of hydrogen-bond acceptors (Lipinski definition) is 2. The van der Waals surface area contributed by atoms with Crippen molar-refractivity contribution >= 4 is 0 Å². The van der Waals surface area contributed by atoms with Crippen LogP contribution in [0.1, 0.15) is 52.4 Å². The van der Waals surface area contributed by atoms with E-state index < -0.39 is 0 Å². The Morgan fingerprint density at radius 3 is 2.60 bits per heavy atom. The second-order valence-electron chi connectivity index (χ2n) is 4.19. The highest BCUT2D eigenvalue weighted by molar-refractivity contribution is 4.95. The lowest BCUT2D eigenvalue weighted by atomic mass is 9.93. The molecule has 2 nitrogen and oxygen atoms in total. The van der Waals surface area contributed by atoms with E-state index in [0.29, 0.717) is 6.42 Å². The van der Waals surface area contributed by atoms with E-state index in [1.807, 2.05) is 0 Å². The first-order valence-electron chi connectivity index (χ1n) is 5.99. The average molecular weight is 210 g/mol. The Hall–Kier alpha value is -0.520. The number of rotatable bonds is 5. The quantitative estimate of drug-likeness (QED) is 0.649. The summed E-state index contributed by atoms with van der Waals surface area (Å²) < 4.78 is 11.6. The molecule has 1 saturated heterocycles. The average Bonchev–Trinajstić information content (AvgIpc) is 2.30. The van der Waals surface area contributed by atoms with Crippen LogP contribution >= 0.6 is 0 Å². The van der Waals surface area contributed by atoms with Crippen molar-refractivity contribution in [3.63, 3.8) is 0 Å². The Morgan fingerprint density at radius 2 is 2.13 bits per heavy atom. The molecular formula is C13H22O2. The molecule has 1 unspecified atom stereocenters. The summed E-state index contributed by atoms with van der Waals surface area (Å²) in [4.78, 5) is 0. The Balaban J connectivity index is 2.52. The van der Waals surface area contributed by atoms with Gasteiger partial charge in [0.05, 0.1) is 5.60 Å². The summed E-state index contributed by atoms with van der Waals surface area (Å²) in [5, 5.41) is 0. The normalized spacial score (nSPS) is 22.3. The van der Waals surface area contributed by atoms with Crippen LogP contribution in [0.4, 0.5) is 0 Å². The molecule has 0 spiro atoms. The first kappa shape index (κ1) is 12.5. The molecule has 15 heavy (non-hydrogen) atoms. The molecule has 1 rings (SSSR count). The van der Waals surface area contributed by atoms with Crippen LogP contribution < -0.4 is 0 Å². The summed E-state index contributed by atoms with van der Waals surface area (Å²) in [6.07, 6.45) is 11.3. The van der Waals surface area contributed by atoms with Crippen molar-refractivity contribution < 1.29 is 9.47 Å². The molecule has 1 aliphatic heterocycles. The van der Waals surface area contributed by atoms with Gasteiger partial charge >= 0.3 is 0 Å². The third-order valence-electron chi connectivity index (χ3n) is 3.23. The zero-order valence-corrected chi connectivity index (χ0v) is 9.92. The predicted molar refractivity (Wildman–Crippen MR) is 61.4 cm³/mol. The van der Waals surface area contributed by atoms with E-state index in [2.05, 4.69) is 19.8 Å². The molecule has 1 aliphatic rings. The van der Waals surface area contributed by atoms with E-state index in [0.717, 1.165) is 32.3 Å². The lowest BCUT2D eigenvalue weighted by molar-refractivity contribution is -0.225. The Morgan fingerprint density at radius 1 is 1.40 bits per heavy atom. The molecule has 1 fully saturated rings. The van der Waals surface area contributed by atoms with Gasteiger partial charge in [0.15, 0.2) is 6.29 Å². The molecule has 0 amide bonds. The zero-order valence-electron chi connectivity index (χ0n) is 9.92. The highest BCUT2D eigenvalue weighted by Gasteiger charge is 2.30. The van der Waals surface area contributed by atoms with Crippen molar-refractivity contribution in [3.8, 4) is 12.3 Å². The first-order valence-corrected chi connectivity index (χ1v) is 5.99. The molecule has 0 saturated carbocycles. The number of hydrogen-bond donors (Lipinski definition) is 0. The fourth-order valence-electron chi connectivity index (χ4n) is 1.98. The summed E-state index contributed by atoms with van der Waals surface area (Å²) in [7, 11) is 0. The van der Waals surface area contributed by atoms with E-state index >= 15 is 0 Å². The Kier molecular flexibility index (Phi) is 5.14. The molecule has 0 bridgehead atoms. The van der Waals surface area contributed by atoms with Gasteiger partial charge in [-0.3, -0.25) is 0 Å². The van der Waals surface area contributed by atoms with Crippen LogP contribution in [0, 0.1) is 12.3 Å². The van der Waals surface area contributed by atoms with Crippen LogP contribution in [-0.2, 0) is 9.47 Å². The largest absolute Gasteiger partial charge is 0.353 e. The summed E-state index contributed by atoms with van der Waals surface area (Å²) in [5.74, 6) is 2.72. The summed E-state index contributed by atoms with van der Waals surface area (Å²) >= 11 is 0. The fraction of sp³-hybridized carbons (Fsp3) is 0.846. The van der Waals surface area contributed by atoms with E-state index in [1.165, 1.54) is 6.42 Å². The monoisotopic (exact) mass is 210 g/mol. The predicted octanol–water partition coefficient (Wildman–Crippen LogP) is 3.11. The first-order chi connectivity index (χ1) is 7.26. The van der Waals surface area contributed by atoms with Crippen molar-refractivity contribution in [3.05, 3.63) is 0 Å². The minimum Gasteiger partial charge on any atom is -0.353 e. The van der Waals surface area contributed by atoms with Gasteiger partial charge in [0, 0.05) is 13.0 Å². The van der Waals surface area contributed by atoms with Gasteiger partial charge in [-0.05, 0) is 32.1 Å². The standard InChI is InChI=1S/C13H22O2/c1-4-10-13(5-2,6-3)15-12-9-7-8-11-14-12/h1,12H,5-11H2,2-3H3. The van der Waals surface area contributed by atoms with Crippen molar-refractivity contribution in [2.45, 2.75) is 64.3 Å². The van der Waals surface area contributed by atoms with Crippen LogP contribution in [0.2, 0.25) is 0 Å². The maximum atomic E-state index is 6.05. The van der Waals surface area contributed by atoms with Gasteiger partial charge in [0.2, 0.25) is 0 Å². The van der Waals surface area contributed by atoms with Gasteiger partial charge in [0.25, 0.3) is 0 Å². The minimum absolute atomic E-state index is 0.0352. The fourth-order valence-corrected chi connectivity index (χ4v) is 1.98. The lowest BCUT2D eigenvalue weighted by Crippen LogP contribution is -2.38. The molecule has 1 atom stereocenters. The van der Waals surface area contributed by atoms with Crippen LogP contribution in [0.15, 0.2) is 0 Å². The van der Waals surface area contributed by atoms with Crippen molar-refractivity contribution in [2.24, 2.45) is 0 Å². The van der Waals surface area contributed by atoms with E-state index in [1.54, 1.807) is 0 Å². The number of ether oxygens (including phenoxy) is 2. The van der Waals surface area contributed by atoms with Gasteiger partial charge in [-0.1, -0.05) is 13.8 Å². The topological polar surface area (TPSA) is 18.5 Å². The smallest absolute Gasteiger partial charge is 0.158 e. The molecule has 0 aromatic carbocycles. The molecule has 86 valence electrons. The molecule has 1 heterocycles. The number of terminal acetylenes is 1. The van der Waals surface area contributed by atoms with Crippen LogP contribution in [0.5, 0.6) is 0 Å². The van der Waals surface area contributed by atoms with Crippen molar-refractivity contribution in [1.82, 2.24) is 0 Å². The van der Waals surface area contributed by atoms with Gasteiger partial charge in [-0.25, -0.2) is 0 Å². The van der Waals surface area contributed by atoms with Gasteiger partial charge in [-0.2, -0.15) is 0 Å². The second kappa shape index (κ2) is 6.15. The van der Waals surface area contributed by atoms with E-state index in [4.69, 9.17) is 15.9 Å². The summed E-state index contributed by atoms with van der Waals surface area (Å²) in [5.41, 5.74) is -0.170. The molecular weight excluding hydrogens is 188 g/mol. The Labute approximate surface area is 93.3 Å². The molecule has 0 aromatic heterocycles. The highest BCUT2D eigenvalue weighted by Crippen LogP contribution is 2.29. The maximum absolute atomic E-state index is 6.05. The molecule has 2 heteroatoms. The van der Waals surface area contributed by atoms with E-state index in [9.17, 15) is 0 Å². The Bertz CT molecular complexity index is 207. The maximum Gasteiger partial charge on any atom is 0.158 e. The molecule has 0 aromatic rings. The lowest BCUT2D eigenvalue weighted by Gasteiger charge is -2.35. The van der Waals surface area contributed by atoms with Gasteiger partial charge in [0.1, 0.15) is 0 Å². The minimum atomic E-state index is -0.170. The van der Waals surface area contributed by atoms with Gasteiger partial charge < -0.3 is 9.47 Å². The molecule has 0 aliphatic carbocycles. The zero-order chi connectivity index (χ0) is 11.1. The van der Waals surface area contributed by atoms with Crippen LogP contribution in [0.3, 0.4) is 0 Å².